The predicted octanol–water partition coefficient (Wildman–Crippen LogP) is 2.52. The van der Waals surface area contributed by atoms with E-state index in [1.807, 2.05) is 45.0 Å². The molecule has 0 aliphatic heterocycles. The number of carbonyl (C=O) groups is 1. The highest BCUT2D eigenvalue weighted by Gasteiger charge is 2.15. The van der Waals surface area contributed by atoms with E-state index in [4.69, 9.17) is 4.74 Å². The summed E-state index contributed by atoms with van der Waals surface area (Å²) in [6.07, 6.45) is 3.16. The van der Waals surface area contributed by atoms with Crippen molar-refractivity contribution in [3.8, 4) is 5.75 Å². The van der Waals surface area contributed by atoms with Gasteiger partial charge in [0.05, 0.1) is 0 Å². The van der Waals surface area contributed by atoms with Crippen LogP contribution in [0.2, 0.25) is 0 Å². The summed E-state index contributed by atoms with van der Waals surface area (Å²) < 4.78 is 5.88. The Morgan fingerprint density at radius 3 is 2.75 bits per heavy atom. The maximum absolute atomic E-state index is 11.8. The summed E-state index contributed by atoms with van der Waals surface area (Å²) in [6.45, 7) is 6.37. The minimum absolute atomic E-state index is 0.236. The summed E-state index contributed by atoms with van der Waals surface area (Å²) in [7, 11) is 0. The van der Waals surface area contributed by atoms with Gasteiger partial charge in [-0.3, -0.25) is 4.79 Å². The van der Waals surface area contributed by atoms with Crippen LogP contribution in [0.15, 0.2) is 36.7 Å². The number of aromatic nitrogens is 2. The molecule has 0 bridgehead atoms. The molecular formula is C15H19N3O2. The molecule has 0 aliphatic carbocycles. The van der Waals surface area contributed by atoms with Crippen molar-refractivity contribution < 1.29 is 9.53 Å². The Morgan fingerprint density at radius 2 is 2.10 bits per heavy atom. The Balaban J connectivity index is 2.04. The van der Waals surface area contributed by atoms with Gasteiger partial charge < -0.3 is 15.0 Å². The first-order valence-electron chi connectivity index (χ1n) is 6.50. The van der Waals surface area contributed by atoms with Crippen molar-refractivity contribution >= 4 is 5.91 Å². The van der Waals surface area contributed by atoms with Gasteiger partial charge >= 0.3 is 0 Å². The van der Waals surface area contributed by atoms with Gasteiger partial charge in [0.15, 0.2) is 5.82 Å². The second-order valence-electron chi connectivity index (χ2n) is 5.44. The van der Waals surface area contributed by atoms with Gasteiger partial charge in [-0.25, -0.2) is 4.98 Å². The molecule has 20 heavy (non-hydrogen) atoms. The third-order valence-corrected chi connectivity index (χ3v) is 2.54. The topological polar surface area (TPSA) is 67.0 Å². The molecule has 1 amide bonds. The maximum Gasteiger partial charge on any atom is 0.287 e. The van der Waals surface area contributed by atoms with Crippen molar-refractivity contribution in [3.63, 3.8) is 0 Å². The Kier molecular flexibility index (Phi) is 4.08. The molecule has 0 aliphatic rings. The molecule has 2 aromatic rings. The predicted molar refractivity (Wildman–Crippen MR) is 76.6 cm³/mol. The summed E-state index contributed by atoms with van der Waals surface area (Å²) in [5.41, 5.74) is 0.656. The number of rotatable bonds is 4. The highest BCUT2D eigenvalue weighted by molar-refractivity contribution is 5.90. The highest BCUT2D eigenvalue weighted by atomic mass is 16.5. The molecule has 1 aromatic heterocycles. The molecule has 0 radical (unpaired) electrons. The smallest absolute Gasteiger partial charge is 0.287 e. The van der Waals surface area contributed by atoms with Gasteiger partial charge in [0.25, 0.3) is 5.91 Å². The van der Waals surface area contributed by atoms with Crippen LogP contribution in [0, 0.1) is 0 Å². The van der Waals surface area contributed by atoms with Crippen LogP contribution < -0.4 is 10.1 Å². The normalized spacial score (nSPS) is 11.2. The van der Waals surface area contributed by atoms with Crippen molar-refractivity contribution in [2.75, 3.05) is 0 Å². The average molecular weight is 273 g/mol. The van der Waals surface area contributed by atoms with E-state index < -0.39 is 0 Å². The van der Waals surface area contributed by atoms with Crippen LogP contribution in [-0.4, -0.2) is 21.5 Å². The number of benzene rings is 1. The molecule has 0 saturated heterocycles. The van der Waals surface area contributed by atoms with Crippen LogP contribution in [-0.2, 0) is 6.54 Å². The standard InChI is InChI=1S/C15H19N3O2/c1-15(2,3)20-12-7-5-4-6-11(12)10-18-14(19)13-16-8-9-17-13/h4-9H,10H2,1-3H3,(H,16,17)(H,18,19). The average Bonchev–Trinajstić information content (AvgIpc) is 2.89. The van der Waals surface area contributed by atoms with E-state index in [9.17, 15) is 4.79 Å². The highest BCUT2D eigenvalue weighted by Crippen LogP contribution is 2.22. The summed E-state index contributed by atoms with van der Waals surface area (Å²) in [5.74, 6) is 0.847. The Morgan fingerprint density at radius 1 is 1.35 bits per heavy atom. The number of H-pyrrole nitrogens is 1. The van der Waals surface area contributed by atoms with Crippen LogP contribution >= 0.6 is 0 Å². The molecule has 1 heterocycles. The zero-order valence-corrected chi connectivity index (χ0v) is 11.9. The van der Waals surface area contributed by atoms with Crippen LogP contribution in [0.3, 0.4) is 0 Å². The molecule has 2 rings (SSSR count). The van der Waals surface area contributed by atoms with Crippen LogP contribution in [0.4, 0.5) is 0 Å². The fourth-order valence-electron chi connectivity index (χ4n) is 1.73. The molecule has 0 saturated carbocycles. The van der Waals surface area contributed by atoms with Crippen LogP contribution in [0.5, 0.6) is 5.75 Å². The molecule has 2 N–H and O–H groups in total. The van der Waals surface area contributed by atoms with Gasteiger partial charge in [-0.15, -0.1) is 0 Å². The second kappa shape index (κ2) is 5.77. The molecule has 5 heteroatoms. The van der Waals surface area contributed by atoms with Crippen molar-refractivity contribution in [2.45, 2.75) is 32.9 Å². The van der Waals surface area contributed by atoms with Crippen LogP contribution in [0.25, 0.3) is 0 Å². The second-order valence-corrected chi connectivity index (χ2v) is 5.44. The lowest BCUT2D eigenvalue weighted by Crippen LogP contribution is -2.26. The van der Waals surface area contributed by atoms with Gasteiger partial charge in [0.1, 0.15) is 11.4 Å². The molecule has 106 valence electrons. The number of aromatic amines is 1. The molecule has 0 atom stereocenters. The summed E-state index contributed by atoms with van der Waals surface area (Å²) in [4.78, 5) is 18.5. The largest absolute Gasteiger partial charge is 0.488 e. The Hall–Kier alpha value is -2.30. The quantitative estimate of drug-likeness (QED) is 0.899. The van der Waals surface area contributed by atoms with E-state index >= 15 is 0 Å². The number of carbonyl (C=O) groups excluding carboxylic acids is 1. The zero-order chi connectivity index (χ0) is 14.6. The Labute approximate surface area is 118 Å². The molecule has 0 fully saturated rings. The molecule has 0 spiro atoms. The molecule has 0 unspecified atom stereocenters. The van der Waals surface area contributed by atoms with E-state index in [1.54, 1.807) is 12.4 Å². The van der Waals surface area contributed by atoms with E-state index in [-0.39, 0.29) is 11.5 Å². The molecular weight excluding hydrogens is 254 g/mol. The first kappa shape index (κ1) is 14.1. The first-order chi connectivity index (χ1) is 9.46. The van der Waals surface area contributed by atoms with E-state index in [1.165, 1.54) is 0 Å². The number of hydrogen-bond acceptors (Lipinski definition) is 3. The SMILES string of the molecule is CC(C)(C)Oc1ccccc1CNC(=O)c1ncc[nH]1. The van der Waals surface area contributed by atoms with E-state index in [2.05, 4.69) is 15.3 Å². The van der Waals surface area contributed by atoms with Crippen molar-refractivity contribution in [1.82, 2.24) is 15.3 Å². The van der Waals surface area contributed by atoms with Crippen molar-refractivity contribution in [1.29, 1.82) is 0 Å². The zero-order valence-electron chi connectivity index (χ0n) is 11.9. The number of nitrogens with one attached hydrogen (secondary N) is 2. The Bertz CT molecular complexity index is 571. The lowest BCUT2D eigenvalue weighted by molar-refractivity contribution is 0.0940. The number of imidazole rings is 1. The van der Waals surface area contributed by atoms with Gasteiger partial charge in [-0.05, 0) is 26.8 Å². The van der Waals surface area contributed by atoms with E-state index in [0.29, 0.717) is 12.4 Å². The summed E-state index contributed by atoms with van der Waals surface area (Å²) in [6, 6.07) is 7.67. The lowest BCUT2D eigenvalue weighted by atomic mass is 10.1. The first-order valence-corrected chi connectivity index (χ1v) is 6.50. The minimum Gasteiger partial charge on any atom is -0.488 e. The van der Waals surface area contributed by atoms with Crippen molar-refractivity contribution in [2.24, 2.45) is 0 Å². The van der Waals surface area contributed by atoms with Gasteiger partial charge in [0.2, 0.25) is 0 Å². The third-order valence-electron chi connectivity index (χ3n) is 2.54. The lowest BCUT2D eigenvalue weighted by Gasteiger charge is -2.23. The minimum atomic E-state index is -0.277. The fraction of sp³-hybridized carbons (Fsp3) is 0.333. The van der Waals surface area contributed by atoms with Crippen LogP contribution in [0.1, 0.15) is 37.0 Å². The van der Waals surface area contributed by atoms with Gasteiger partial charge in [-0.1, -0.05) is 18.2 Å². The monoisotopic (exact) mass is 273 g/mol. The summed E-state index contributed by atoms with van der Waals surface area (Å²) >= 11 is 0. The molecule has 5 nitrogen and oxygen atoms in total. The van der Waals surface area contributed by atoms with Gasteiger partial charge in [-0.2, -0.15) is 0 Å². The number of ether oxygens (including phenoxy) is 1. The number of amides is 1. The molecule has 1 aromatic carbocycles. The summed E-state index contributed by atoms with van der Waals surface area (Å²) in [5, 5.41) is 2.81. The number of para-hydroxylation sites is 1. The number of nitrogens with zero attached hydrogens (tertiary/aromatic N) is 1. The van der Waals surface area contributed by atoms with Gasteiger partial charge in [0, 0.05) is 24.5 Å². The fourth-order valence-corrected chi connectivity index (χ4v) is 1.73. The number of hydrogen-bond donors (Lipinski definition) is 2. The third kappa shape index (κ3) is 3.85. The maximum atomic E-state index is 11.8. The van der Waals surface area contributed by atoms with Crippen molar-refractivity contribution in [3.05, 3.63) is 48.0 Å². The van der Waals surface area contributed by atoms with E-state index in [0.717, 1.165) is 11.3 Å².